The minimum atomic E-state index is -0.682. The minimum absolute atomic E-state index is 0.205. The van der Waals surface area contributed by atoms with E-state index in [9.17, 15) is 15.2 Å². The molecule has 8 rings (SSSR count). The zero-order valence-corrected chi connectivity index (χ0v) is 15.5. The molecule has 8 aliphatic carbocycles. The highest BCUT2D eigenvalue weighted by Crippen LogP contribution is 2.81. The van der Waals surface area contributed by atoms with Crippen LogP contribution >= 0.6 is 0 Å². The molecule has 3 nitrogen and oxygen atoms in total. The summed E-state index contributed by atoms with van der Waals surface area (Å²) < 4.78 is 0. The van der Waals surface area contributed by atoms with Gasteiger partial charge in [0, 0.05) is 0 Å². The molecule has 16 unspecified atom stereocenters. The van der Waals surface area contributed by atoms with Crippen LogP contribution < -0.4 is 0 Å². The molecule has 7 fully saturated rings. The summed E-state index contributed by atoms with van der Waals surface area (Å²) in [4.78, 5) is 12.0. The van der Waals surface area contributed by atoms with E-state index in [1.807, 2.05) is 0 Å². The van der Waals surface area contributed by atoms with Gasteiger partial charge >= 0.3 is 5.97 Å². The van der Waals surface area contributed by atoms with Crippen LogP contribution in [0.1, 0.15) is 25.7 Å². The second kappa shape index (κ2) is 4.32. The molecule has 1 N–H and O–H groups in total. The SMILES string of the molecule is N#CC1C2CC(C1C(=O)O)C1C3CC(C21)C1C2CC(C4C5C=CC(C5)C24)C31. The Labute approximate surface area is 160 Å². The standard InChI is InChI=1S/C24H27NO2/c25-7-16-10-4-15(23(16)24(26)27)22-14-6-13(19(10)22)20-11-5-12(21(14)20)18-9-2-1-8(3-9)17(11)18/h1-2,8-23H,3-6H2,(H,26,27). The van der Waals surface area contributed by atoms with E-state index in [0.29, 0.717) is 23.7 Å². The van der Waals surface area contributed by atoms with Crippen LogP contribution in [0.4, 0.5) is 0 Å². The number of fused-ring (bicyclic) bond motifs is 23. The highest BCUT2D eigenvalue weighted by molar-refractivity contribution is 5.72. The Morgan fingerprint density at radius 2 is 1.22 bits per heavy atom. The molecular weight excluding hydrogens is 334 g/mol. The van der Waals surface area contributed by atoms with Gasteiger partial charge < -0.3 is 5.11 Å². The lowest BCUT2D eigenvalue weighted by Gasteiger charge is -2.50. The van der Waals surface area contributed by atoms with E-state index >= 15 is 0 Å². The first kappa shape index (κ1) is 14.7. The summed E-state index contributed by atoms with van der Waals surface area (Å²) in [7, 11) is 0. The fraction of sp³-hybridized carbons (Fsp3) is 0.833. The van der Waals surface area contributed by atoms with Crippen LogP contribution in [-0.4, -0.2) is 11.1 Å². The zero-order chi connectivity index (χ0) is 17.8. The Kier molecular flexibility index (Phi) is 2.34. The van der Waals surface area contributed by atoms with Crippen molar-refractivity contribution in [3.8, 4) is 6.07 Å². The fourth-order valence-electron chi connectivity index (χ4n) is 12.0. The van der Waals surface area contributed by atoms with Crippen molar-refractivity contribution < 1.29 is 9.90 Å². The Morgan fingerprint density at radius 3 is 1.78 bits per heavy atom. The molecule has 0 aliphatic heterocycles. The van der Waals surface area contributed by atoms with Gasteiger partial charge in [0.2, 0.25) is 0 Å². The number of hydrogen-bond acceptors (Lipinski definition) is 2. The molecule has 0 aromatic rings. The third-order valence-corrected chi connectivity index (χ3v) is 11.8. The summed E-state index contributed by atoms with van der Waals surface area (Å²) in [5.41, 5.74) is 0. The average molecular weight is 361 g/mol. The lowest BCUT2D eigenvalue weighted by atomic mass is 9.53. The number of rotatable bonds is 1. The van der Waals surface area contributed by atoms with E-state index in [-0.39, 0.29) is 11.8 Å². The van der Waals surface area contributed by atoms with Crippen LogP contribution in [0.3, 0.4) is 0 Å². The predicted octanol–water partition coefficient (Wildman–Crippen LogP) is 3.68. The van der Waals surface area contributed by atoms with Crippen molar-refractivity contribution in [3.63, 3.8) is 0 Å². The van der Waals surface area contributed by atoms with Gasteiger partial charge in [-0.2, -0.15) is 5.26 Å². The maximum absolute atomic E-state index is 12.0. The van der Waals surface area contributed by atoms with Gasteiger partial charge in [-0.3, -0.25) is 4.79 Å². The molecule has 16 atom stereocenters. The smallest absolute Gasteiger partial charge is 0.308 e. The third-order valence-electron chi connectivity index (χ3n) is 11.8. The normalized spacial score (nSPS) is 69.7. The summed E-state index contributed by atoms with van der Waals surface area (Å²) >= 11 is 0. The number of carboxylic acid groups (broad SMARTS) is 1. The third kappa shape index (κ3) is 1.33. The van der Waals surface area contributed by atoms with Gasteiger partial charge in [0.15, 0.2) is 0 Å². The number of nitrogens with zero attached hydrogens (tertiary/aromatic N) is 1. The number of aliphatic carboxylic acids is 1. The molecule has 7 saturated carbocycles. The number of nitriles is 1. The number of hydrogen-bond donors (Lipinski definition) is 1. The van der Waals surface area contributed by atoms with Gasteiger partial charge in [0.05, 0.1) is 17.9 Å². The van der Waals surface area contributed by atoms with Crippen LogP contribution in [0.2, 0.25) is 0 Å². The van der Waals surface area contributed by atoms with E-state index in [4.69, 9.17) is 0 Å². The Bertz CT molecular complexity index is 842. The van der Waals surface area contributed by atoms with Crippen molar-refractivity contribution in [1.82, 2.24) is 0 Å². The summed E-state index contributed by atoms with van der Waals surface area (Å²) in [5.74, 6) is 9.97. The Hall–Kier alpha value is -1.30. The lowest BCUT2D eigenvalue weighted by Crippen LogP contribution is -2.49. The van der Waals surface area contributed by atoms with Crippen LogP contribution in [-0.2, 0) is 4.79 Å². The van der Waals surface area contributed by atoms with Crippen LogP contribution in [0.5, 0.6) is 0 Å². The van der Waals surface area contributed by atoms with Gasteiger partial charge in [0.1, 0.15) is 0 Å². The van der Waals surface area contributed by atoms with Gasteiger partial charge in [-0.15, -0.1) is 0 Å². The fourth-order valence-corrected chi connectivity index (χ4v) is 12.0. The molecule has 0 spiro atoms. The maximum Gasteiger partial charge on any atom is 0.308 e. The second-order valence-corrected chi connectivity index (χ2v) is 11.6. The molecule has 0 aromatic heterocycles. The first-order chi connectivity index (χ1) is 13.2. The van der Waals surface area contributed by atoms with Crippen LogP contribution in [0.25, 0.3) is 0 Å². The first-order valence-corrected chi connectivity index (χ1v) is 11.5. The summed E-state index contributed by atoms with van der Waals surface area (Å²) in [6, 6.07) is 2.46. The van der Waals surface area contributed by atoms with Crippen molar-refractivity contribution in [1.29, 1.82) is 5.26 Å². The van der Waals surface area contributed by atoms with Crippen molar-refractivity contribution in [2.45, 2.75) is 25.7 Å². The molecule has 0 amide bonds. The largest absolute Gasteiger partial charge is 0.481 e. The number of carbonyl (C=O) groups is 1. The molecule has 8 bridgehead atoms. The minimum Gasteiger partial charge on any atom is -0.481 e. The summed E-state index contributed by atoms with van der Waals surface area (Å²) in [6.45, 7) is 0. The molecular formula is C24H27NO2. The molecule has 140 valence electrons. The zero-order valence-electron chi connectivity index (χ0n) is 15.5. The molecule has 27 heavy (non-hydrogen) atoms. The average Bonchev–Trinajstić information content (AvgIpc) is 3.48. The van der Waals surface area contributed by atoms with Crippen molar-refractivity contribution in [2.75, 3.05) is 0 Å². The van der Waals surface area contributed by atoms with E-state index in [2.05, 4.69) is 18.2 Å². The highest BCUT2D eigenvalue weighted by atomic mass is 16.4. The predicted molar refractivity (Wildman–Crippen MR) is 96.7 cm³/mol. The molecule has 0 heterocycles. The summed E-state index contributed by atoms with van der Waals surface area (Å²) in [6.07, 6.45) is 10.5. The van der Waals surface area contributed by atoms with Gasteiger partial charge in [-0.05, 0) is 109 Å². The van der Waals surface area contributed by atoms with E-state index in [1.165, 1.54) is 19.3 Å². The van der Waals surface area contributed by atoms with Crippen LogP contribution in [0.15, 0.2) is 12.2 Å². The second-order valence-electron chi connectivity index (χ2n) is 11.6. The topological polar surface area (TPSA) is 61.1 Å². The van der Waals surface area contributed by atoms with Gasteiger partial charge in [0.25, 0.3) is 0 Å². The van der Waals surface area contributed by atoms with E-state index in [0.717, 1.165) is 65.6 Å². The molecule has 8 aliphatic rings. The molecule has 0 aromatic carbocycles. The monoisotopic (exact) mass is 361 g/mol. The first-order valence-electron chi connectivity index (χ1n) is 11.5. The molecule has 0 radical (unpaired) electrons. The van der Waals surface area contributed by atoms with E-state index in [1.54, 1.807) is 0 Å². The summed E-state index contributed by atoms with van der Waals surface area (Å²) in [5, 5.41) is 19.6. The highest BCUT2D eigenvalue weighted by Gasteiger charge is 2.77. The van der Waals surface area contributed by atoms with Gasteiger partial charge in [-0.1, -0.05) is 12.2 Å². The van der Waals surface area contributed by atoms with E-state index < -0.39 is 5.97 Å². The number of allylic oxidation sites excluding steroid dienone is 2. The number of carboxylic acids is 1. The van der Waals surface area contributed by atoms with Crippen LogP contribution in [0, 0.1) is 106 Å². The van der Waals surface area contributed by atoms with Crippen molar-refractivity contribution in [3.05, 3.63) is 12.2 Å². The quantitative estimate of drug-likeness (QED) is 0.572. The Morgan fingerprint density at radius 1 is 0.741 bits per heavy atom. The Balaban J connectivity index is 1.20. The van der Waals surface area contributed by atoms with Crippen molar-refractivity contribution >= 4 is 5.97 Å². The molecule has 0 saturated heterocycles. The molecule has 3 heteroatoms. The van der Waals surface area contributed by atoms with Crippen molar-refractivity contribution in [2.24, 2.45) is 94.7 Å². The lowest BCUT2D eigenvalue weighted by molar-refractivity contribution is -0.148. The van der Waals surface area contributed by atoms with Gasteiger partial charge in [-0.25, -0.2) is 0 Å². The maximum atomic E-state index is 12.0.